The molecule has 0 aromatic rings. The van der Waals surface area contributed by atoms with Crippen molar-refractivity contribution in [2.75, 3.05) is 39.3 Å². The summed E-state index contributed by atoms with van der Waals surface area (Å²) in [6, 6.07) is 0. The number of rotatable bonds is 7. The highest BCUT2D eigenvalue weighted by Crippen LogP contribution is 2.35. The molecule has 0 radical (unpaired) electrons. The second kappa shape index (κ2) is 8.35. The number of nitrogens with zero attached hydrogens (tertiary/aromatic N) is 1. The van der Waals surface area contributed by atoms with Crippen LogP contribution in [0.2, 0.25) is 0 Å². The van der Waals surface area contributed by atoms with E-state index in [1.54, 1.807) is 0 Å². The van der Waals surface area contributed by atoms with Gasteiger partial charge in [-0.05, 0) is 63.6 Å². The summed E-state index contributed by atoms with van der Waals surface area (Å²) in [5.74, 6) is 0. The molecule has 0 amide bonds. The van der Waals surface area contributed by atoms with Crippen molar-refractivity contribution in [1.82, 2.24) is 10.2 Å². The first-order valence-corrected chi connectivity index (χ1v) is 8.83. The van der Waals surface area contributed by atoms with Crippen LogP contribution in [-0.2, 0) is 4.74 Å². The van der Waals surface area contributed by atoms with Crippen LogP contribution in [-0.4, -0.2) is 50.3 Å². The Labute approximate surface area is 125 Å². The van der Waals surface area contributed by atoms with Crippen LogP contribution in [0.1, 0.15) is 58.8 Å². The van der Waals surface area contributed by atoms with Crippen LogP contribution >= 0.6 is 0 Å². The zero-order chi connectivity index (χ0) is 14.3. The van der Waals surface area contributed by atoms with Crippen molar-refractivity contribution in [1.29, 1.82) is 0 Å². The summed E-state index contributed by atoms with van der Waals surface area (Å²) in [6.45, 7) is 11.6. The zero-order valence-electron chi connectivity index (χ0n) is 13.6. The van der Waals surface area contributed by atoms with E-state index in [4.69, 9.17) is 4.74 Å². The van der Waals surface area contributed by atoms with Crippen molar-refractivity contribution in [2.24, 2.45) is 5.41 Å². The summed E-state index contributed by atoms with van der Waals surface area (Å²) in [5, 5.41) is 3.53. The first-order chi connectivity index (χ1) is 9.78. The second-order valence-electron chi connectivity index (χ2n) is 6.87. The predicted octanol–water partition coefficient (Wildman–Crippen LogP) is 3.05. The molecule has 2 rings (SSSR count). The molecule has 0 aromatic carbocycles. The molecule has 0 aliphatic carbocycles. The van der Waals surface area contributed by atoms with E-state index in [9.17, 15) is 0 Å². The van der Waals surface area contributed by atoms with Gasteiger partial charge in [-0.15, -0.1) is 0 Å². The largest absolute Gasteiger partial charge is 0.377 e. The van der Waals surface area contributed by atoms with E-state index in [1.165, 1.54) is 71.2 Å². The maximum atomic E-state index is 5.99. The van der Waals surface area contributed by atoms with Crippen LogP contribution < -0.4 is 5.32 Å². The standard InChI is InChI=1S/C17H34N2O/c1-3-7-17(8-10-18-11-9-17)15-19-12-5-6-16(14-19)20-13-4-2/h16,18H,3-15H2,1-2H3. The molecular weight excluding hydrogens is 248 g/mol. The quantitative estimate of drug-likeness (QED) is 0.777. The Bertz CT molecular complexity index is 258. The number of ether oxygens (including phenoxy) is 1. The summed E-state index contributed by atoms with van der Waals surface area (Å²) < 4.78 is 5.99. The van der Waals surface area contributed by atoms with Crippen molar-refractivity contribution in [3.05, 3.63) is 0 Å². The molecule has 3 heteroatoms. The highest BCUT2D eigenvalue weighted by atomic mass is 16.5. The molecule has 1 unspecified atom stereocenters. The molecular formula is C17H34N2O. The Morgan fingerprint density at radius 2 is 2.00 bits per heavy atom. The first kappa shape index (κ1) is 16.3. The fraction of sp³-hybridized carbons (Fsp3) is 1.00. The van der Waals surface area contributed by atoms with Crippen LogP contribution in [0.25, 0.3) is 0 Å². The molecule has 2 heterocycles. The van der Waals surface area contributed by atoms with Gasteiger partial charge in [0.2, 0.25) is 0 Å². The van der Waals surface area contributed by atoms with Crippen LogP contribution in [0.5, 0.6) is 0 Å². The highest BCUT2D eigenvalue weighted by Gasteiger charge is 2.34. The number of nitrogens with one attached hydrogen (secondary N) is 1. The lowest BCUT2D eigenvalue weighted by atomic mass is 9.74. The smallest absolute Gasteiger partial charge is 0.0702 e. The van der Waals surface area contributed by atoms with Crippen LogP contribution in [0.3, 0.4) is 0 Å². The summed E-state index contributed by atoms with van der Waals surface area (Å²) in [5.41, 5.74) is 0.576. The lowest BCUT2D eigenvalue weighted by Gasteiger charge is -2.43. The maximum absolute atomic E-state index is 5.99. The van der Waals surface area contributed by atoms with Gasteiger partial charge in [-0.2, -0.15) is 0 Å². The average Bonchev–Trinajstić information content (AvgIpc) is 2.46. The van der Waals surface area contributed by atoms with Crippen molar-refractivity contribution in [3.8, 4) is 0 Å². The van der Waals surface area contributed by atoms with Crippen LogP contribution in [0.15, 0.2) is 0 Å². The minimum Gasteiger partial charge on any atom is -0.377 e. The fourth-order valence-corrected chi connectivity index (χ4v) is 4.03. The molecule has 1 N–H and O–H groups in total. The monoisotopic (exact) mass is 282 g/mol. The SMILES string of the molecule is CCCOC1CCCN(CC2(CCC)CCNCC2)C1. The Morgan fingerprint density at radius 1 is 1.20 bits per heavy atom. The zero-order valence-corrected chi connectivity index (χ0v) is 13.6. The van der Waals surface area contributed by atoms with E-state index in [1.807, 2.05) is 0 Å². The summed E-state index contributed by atoms with van der Waals surface area (Å²) in [4.78, 5) is 2.70. The average molecular weight is 282 g/mol. The highest BCUT2D eigenvalue weighted by molar-refractivity contribution is 4.89. The van der Waals surface area contributed by atoms with Gasteiger partial charge < -0.3 is 15.0 Å². The van der Waals surface area contributed by atoms with Gasteiger partial charge in [0.25, 0.3) is 0 Å². The molecule has 2 aliphatic heterocycles. The Balaban J connectivity index is 1.85. The lowest BCUT2D eigenvalue weighted by Crippen LogP contribution is -2.49. The minimum atomic E-state index is 0.490. The molecule has 0 saturated carbocycles. The van der Waals surface area contributed by atoms with Gasteiger partial charge in [-0.25, -0.2) is 0 Å². The van der Waals surface area contributed by atoms with Gasteiger partial charge in [0.1, 0.15) is 0 Å². The molecule has 0 bridgehead atoms. The van der Waals surface area contributed by atoms with Crippen LogP contribution in [0, 0.1) is 5.41 Å². The maximum Gasteiger partial charge on any atom is 0.0702 e. The molecule has 3 nitrogen and oxygen atoms in total. The summed E-state index contributed by atoms with van der Waals surface area (Å²) in [6.07, 6.45) is 9.64. The second-order valence-corrected chi connectivity index (χ2v) is 6.87. The van der Waals surface area contributed by atoms with E-state index < -0.39 is 0 Å². The molecule has 2 saturated heterocycles. The third-order valence-corrected chi connectivity index (χ3v) is 5.02. The molecule has 1 atom stereocenters. The van der Waals surface area contributed by atoms with Crippen molar-refractivity contribution < 1.29 is 4.74 Å². The molecule has 0 aromatic heterocycles. The fourth-order valence-electron chi connectivity index (χ4n) is 4.03. The van der Waals surface area contributed by atoms with E-state index in [0.717, 1.165) is 13.0 Å². The lowest BCUT2D eigenvalue weighted by molar-refractivity contribution is -0.0169. The third-order valence-electron chi connectivity index (χ3n) is 5.02. The van der Waals surface area contributed by atoms with E-state index in [2.05, 4.69) is 24.1 Å². The molecule has 118 valence electrons. The van der Waals surface area contributed by atoms with Gasteiger partial charge >= 0.3 is 0 Å². The van der Waals surface area contributed by atoms with Crippen LogP contribution in [0.4, 0.5) is 0 Å². The van der Waals surface area contributed by atoms with Crippen molar-refractivity contribution >= 4 is 0 Å². The van der Waals surface area contributed by atoms with Gasteiger partial charge in [0.05, 0.1) is 6.10 Å². The Morgan fingerprint density at radius 3 is 2.70 bits per heavy atom. The van der Waals surface area contributed by atoms with Gasteiger partial charge in [-0.1, -0.05) is 20.3 Å². The number of likely N-dealkylation sites (tertiary alicyclic amines) is 1. The molecule has 0 spiro atoms. The minimum absolute atomic E-state index is 0.490. The van der Waals surface area contributed by atoms with Gasteiger partial charge in [0, 0.05) is 19.7 Å². The first-order valence-electron chi connectivity index (χ1n) is 8.83. The van der Waals surface area contributed by atoms with E-state index in [-0.39, 0.29) is 0 Å². The predicted molar refractivity (Wildman–Crippen MR) is 85.1 cm³/mol. The van der Waals surface area contributed by atoms with Crippen molar-refractivity contribution in [2.45, 2.75) is 64.9 Å². The number of piperidine rings is 2. The number of hydrogen-bond acceptors (Lipinski definition) is 3. The van der Waals surface area contributed by atoms with Gasteiger partial charge in [0.15, 0.2) is 0 Å². The van der Waals surface area contributed by atoms with Crippen molar-refractivity contribution in [3.63, 3.8) is 0 Å². The molecule has 2 aliphatic rings. The molecule has 2 fully saturated rings. The third kappa shape index (κ3) is 4.71. The van der Waals surface area contributed by atoms with E-state index in [0.29, 0.717) is 11.5 Å². The molecule has 20 heavy (non-hydrogen) atoms. The topological polar surface area (TPSA) is 24.5 Å². The number of hydrogen-bond donors (Lipinski definition) is 1. The van der Waals surface area contributed by atoms with Gasteiger partial charge in [-0.3, -0.25) is 0 Å². The summed E-state index contributed by atoms with van der Waals surface area (Å²) in [7, 11) is 0. The normalized spacial score (nSPS) is 27.6. The van der Waals surface area contributed by atoms with E-state index >= 15 is 0 Å². The summed E-state index contributed by atoms with van der Waals surface area (Å²) >= 11 is 0. The Kier molecular flexibility index (Phi) is 6.79. The Hall–Kier alpha value is -0.120.